The second kappa shape index (κ2) is 10.4. The number of halogens is 3. The molecule has 9 heteroatoms. The summed E-state index contributed by atoms with van der Waals surface area (Å²) in [4.78, 5) is 26.4. The third-order valence-electron chi connectivity index (χ3n) is 5.04. The Morgan fingerprint density at radius 2 is 1.65 bits per heavy atom. The fourth-order valence-corrected chi connectivity index (χ4v) is 4.73. The average Bonchev–Trinajstić information content (AvgIpc) is 3.07. The lowest BCUT2D eigenvalue weighted by Crippen LogP contribution is -2.27. The number of nitrogens with zero attached hydrogens (tertiary/aromatic N) is 1. The van der Waals surface area contributed by atoms with Crippen LogP contribution in [0, 0.1) is 11.6 Å². The Morgan fingerprint density at radius 3 is 2.29 bits per heavy atom. The molecule has 1 saturated heterocycles. The molecule has 5 nitrogen and oxygen atoms in total. The highest BCUT2D eigenvalue weighted by atomic mass is 79.9. The van der Waals surface area contributed by atoms with Gasteiger partial charge in [0.15, 0.2) is 11.5 Å². The highest BCUT2D eigenvalue weighted by molar-refractivity contribution is 9.10. The number of carbonyl (C=O) groups excluding carboxylic acids is 2. The van der Waals surface area contributed by atoms with E-state index in [0.29, 0.717) is 27.1 Å². The Hall–Kier alpha value is -3.17. The highest BCUT2D eigenvalue weighted by Crippen LogP contribution is 2.40. The van der Waals surface area contributed by atoms with Gasteiger partial charge in [0, 0.05) is 11.1 Å². The van der Waals surface area contributed by atoms with Gasteiger partial charge < -0.3 is 9.47 Å². The van der Waals surface area contributed by atoms with E-state index < -0.39 is 17.0 Å². The average molecular weight is 546 g/mol. The van der Waals surface area contributed by atoms with Gasteiger partial charge in [-0.25, -0.2) is 8.78 Å². The van der Waals surface area contributed by atoms with E-state index in [1.807, 2.05) is 0 Å². The Kier molecular flexibility index (Phi) is 7.33. The van der Waals surface area contributed by atoms with E-state index in [4.69, 9.17) is 9.47 Å². The van der Waals surface area contributed by atoms with Crippen LogP contribution < -0.4 is 9.47 Å². The molecule has 0 aromatic heterocycles. The summed E-state index contributed by atoms with van der Waals surface area (Å²) in [5.74, 6) is -0.628. The van der Waals surface area contributed by atoms with Gasteiger partial charge in [0.1, 0.15) is 18.2 Å². The van der Waals surface area contributed by atoms with Crippen molar-refractivity contribution in [1.82, 2.24) is 4.90 Å². The number of thioether (sulfide) groups is 1. The zero-order chi connectivity index (χ0) is 24.2. The summed E-state index contributed by atoms with van der Waals surface area (Å²) in [5.41, 5.74) is 1.23. The minimum absolute atomic E-state index is 0.00405. The van der Waals surface area contributed by atoms with E-state index in [9.17, 15) is 18.4 Å². The number of methoxy groups -OCH3 is 1. The van der Waals surface area contributed by atoms with Crippen molar-refractivity contribution in [2.24, 2.45) is 0 Å². The molecule has 2 amide bonds. The molecular weight excluding hydrogens is 528 g/mol. The largest absolute Gasteiger partial charge is 0.493 e. The highest BCUT2D eigenvalue weighted by Gasteiger charge is 2.35. The predicted octanol–water partition coefficient (Wildman–Crippen LogP) is 6.55. The van der Waals surface area contributed by atoms with Gasteiger partial charge in [0.05, 0.1) is 23.0 Å². The molecule has 0 saturated carbocycles. The molecule has 4 rings (SSSR count). The van der Waals surface area contributed by atoms with Crippen LogP contribution >= 0.6 is 27.7 Å². The van der Waals surface area contributed by atoms with Crippen LogP contribution in [0.15, 0.2) is 70.0 Å². The normalized spacial score (nSPS) is 14.7. The fraction of sp³-hybridized carbons (Fsp3) is 0.120. The van der Waals surface area contributed by atoms with Crippen LogP contribution in [0.4, 0.5) is 13.6 Å². The van der Waals surface area contributed by atoms with Crippen molar-refractivity contribution in [2.75, 3.05) is 7.11 Å². The summed E-state index contributed by atoms with van der Waals surface area (Å²) < 4.78 is 39.6. The number of carbonyl (C=O) groups is 2. The first-order chi connectivity index (χ1) is 16.4. The van der Waals surface area contributed by atoms with Crippen LogP contribution in [-0.2, 0) is 17.9 Å². The van der Waals surface area contributed by atoms with Crippen molar-refractivity contribution in [1.29, 1.82) is 0 Å². The Balaban J connectivity index is 1.55. The van der Waals surface area contributed by atoms with Gasteiger partial charge in [0.2, 0.25) is 0 Å². The Labute approximate surface area is 207 Å². The molecule has 1 aliphatic heterocycles. The lowest BCUT2D eigenvalue weighted by Gasteiger charge is -2.14. The monoisotopic (exact) mass is 545 g/mol. The van der Waals surface area contributed by atoms with Gasteiger partial charge in [-0.15, -0.1) is 0 Å². The molecule has 1 heterocycles. The van der Waals surface area contributed by atoms with Gasteiger partial charge >= 0.3 is 0 Å². The molecule has 0 atom stereocenters. The summed E-state index contributed by atoms with van der Waals surface area (Å²) in [6.07, 6.45) is 1.56. The lowest BCUT2D eigenvalue weighted by atomic mass is 10.1. The molecule has 1 aliphatic rings. The maximum Gasteiger partial charge on any atom is 0.293 e. The molecule has 34 heavy (non-hydrogen) atoms. The molecule has 0 spiro atoms. The zero-order valence-corrected chi connectivity index (χ0v) is 20.3. The number of ether oxygens (including phenoxy) is 2. The number of hydrogen-bond acceptors (Lipinski definition) is 5. The molecular formula is C25H18BrF2NO4S. The van der Waals surface area contributed by atoms with Crippen LogP contribution in [0.2, 0.25) is 0 Å². The van der Waals surface area contributed by atoms with Crippen molar-refractivity contribution in [3.63, 3.8) is 0 Å². The first-order valence-electron chi connectivity index (χ1n) is 10.1. The summed E-state index contributed by atoms with van der Waals surface area (Å²) in [7, 11) is 1.46. The van der Waals surface area contributed by atoms with Crippen LogP contribution in [0.25, 0.3) is 6.08 Å². The predicted molar refractivity (Wildman–Crippen MR) is 129 cm³/mol. The molecule has 1 fully saturated rings. The molecule has 3 aromatic rings. The van der Waals surface area contributed by atoms with E-state index in [2.05, 4.69) is 15.9 Å². The van der Waals surface area contributed by atoms with Crippen LogP contribution in [0.1, 0.15) is 16.7 Å². The minimum Gasteiger partial charge on any atom is -0.493 e. The van der Waals surface area contributed by atoms with E-state index in [1.165, 1.54) is 25.3 Å². The van der Waals surface area contributed by atoms with Gasteiger partial charge in [-0.1, -0.05) is 36.4 Å². The number of imide groups is 1. The third kappa shape index (κ3) is 5.15. The SMILES string of the molecule is COc1cc(/C=C2\SC(=O)N(Cc3ccccc3F)C2=O)cc(Br)c1OCc1ccccc1F. The third-order valence-corrected chi connectivity index (χ3v) is 6.54. The number of benzene rings is 3. The Bertz CT molecular complexity index is 1300. The molecule has 174 valence electrons. The van der Waals surface area contributed by atoms with Gasteiger partial charge in [-0.05, 0) is 63.6 Å². The number of hydrogen-bond donors (Lipinski definition) is 0. The van der Waals surface area contributed by atoms with E-state index in [1.54, 1.807) is 48.5 Å². The van der Waals surface area contributed by atoms with Gasteiger partial charge in [-0.2, -0.15) is 0 Å². The molecule has 0 N–H and O–H groups in total. The topological polar surface area (TPSA) is 55.8 Å². The van der Waals surface area contributed by atoms with Crippen molar-refractivity contribution in [2.45, 2.75) is 13.2 Å². The lowest BCUT2D eigenvalue weighted by molar-refractivity contribution is -0.123. The number of rotatable bonds is 7. The van der Waals surface area contributed by atoms with Crippen LogP contribution in [0.3, 0.4) is 0 Å². The molecule has 0 radical (unpaired) electrons. The van der Waals surface area contributed by atoms with Crippen molar-refractivity contribution < 1.29 is 27.8 Å². The zero-order valence-electron chi connectivity index (χ0n) is 17.9. The quantitative estimate of drug-likeness (QED) is 0.315. The van der Waals surface area contributed by atoms with Crippen molar-refractivity contribution in [3.05, 3.63) is 98.4 Å². The summed E-state index contributed by atoms with van der Waals surface area (Å²) in [6, 6.07) is 15.6. The van der Waals surface area contributed by atoms with E-state index in [0.717, 1.165) is 16.7 Å². The molecule has 0 unspecified atom stereocenters. The molecule has 0 aliphatic carbocycles. The first kappa shape index (κ1) is 24.0. The minimum atomic E-state index is -0.506. The standard InChI is InChI=1S/C25H18BrF2NO4S/c1-32-21-11-15(10-18(26)23(21)33-14-17-7-3-5-9-20(17)28)12-22-24(30)29(25(31)34-22)13-16-6-2-4-8-19(16)27/h2-12H,13-14H2,1H3/b22-12-. The molecule has 0 bridgehead atoms. The summed E-state index contributed by atoms with van der Waals surface area (Å²) >= 11 is 4.21. The second-order valence-corrected chi connectivity index (χ2v) is 9.12. The van der Waals surface area contributed by atoms with Gasteiger partial charge in [-0.3, -0.25) is 14.5 Å². The maximum absolute atomic E-state index is 14.0. The van der Waals surface area contributed by atoms with Crippen LogP contribution in [-0.4, -0.2) is 23.2 Å². The van der Waals surface area contributed by atoms with E-state index >= 15 is 0 Å². The second-order valence-electron chi connectivity index (χ2n) is 7.27. The summed E-state index contributed by atoms with van der Waals surface area (Å²) in [5, 5.41) is -0.477. The molecule has 3 aromatic carbocycles. The number of amides is 2. The summed E-state index contributed by atoms with van der Waals surface area (Å²) in [6.45, 7) is -0.152. The fourth-order valence-electron chi connectivity index (χ4n) is 3.31. The Morgan fingerprint density at radius 1 is 1.00 bits per heavy atom. The van der Waals surface area contributed by atoms with Crippen LogP contribution in [0.5, 0.6) is 11.5 Å². The smallest absolute Gasteiger partial charge is 0.293 e. The van der Waals surface area contributed by atoms with Gasteiger partial charge in [0.25, 0.3) is 11.1 Å². The van der Waals surface area contributed by atoms with Crippen molar-refractivity contribution in [3.8, 4) is 11.5 Å². The maximum atomic E-state index is 14.0. The first-order valence-corrected chi connectivity index (χ1v) is 11.7. The van der Waals surface area contributed by atoms with Crippen molar-refractivity contribution >= 4 is 44.9 Å². The van der Waals surface area contributed by atoms with E-state index in [-0.39, 0.29) is 29.4 Å².